The van der Waals surface area contributed by atoms with Crippen LogP contribution in [0.5, 0.6) is 0 Å². The summed E-state index contributed by atoms with van der Waals surface area (Å²) in [4.78, 5) is 11.0. The van der Waals surface area contributed by atoms with Gasteiger partial charge < -0.3 is 0 Å². The lowest BCUT2D eigenvalue weighted by atomic mass is 9.99. The van der Waals surface area contributed by atoms with E-state index in [9.17, 15) is 4.79 Å². The molecule has 0 heterocycles. The SMILES string of the molecule is CC(=O)CC(C)=C(C)c1ccc(Cl)cc1. The molecule has 2 heteroatoms. The lowest BCUT2D eigenvalue weighted by Crippen LogP contribution is -1.93. The van der Waals surface area contributed by atoms with Gasteiger partial charge in [-0.05, 0) is 44.0 Å². The van der Waals surface area contributed by atoms with Crippen molar-refractivity contribution in [3.63, 3.8) is 0 Å². The van der Waals surface area contributed by atoms with E-state index in [-0.39, 0.29) is 5.78 Å². The monoisotopic (exact) mass is 222 g/mol. The van der Waals surface area contributed by atoms with E-state index in [2.05, 4.69) is 0 Å². The first-order valence-electron chi connectivity index (χ1n) is 4.92. The fourth-order valence-electron chi connectivity index (χ4n) is 1.45. The maximum Gasteiger partial charge on any atom is 0.133 e. The molecule has 0 aliphatic heterocycles. The Bertz CT molecular complexity index is 388. The fraction of sp³-hybridized carbons (Fsp3) is 0.308. The second kappa shape index (κ2) is 5.13. The largest absolute Gasteiger partial charge is 0.300 e. The predicted molar refractivity (Wildman–Crippen MR) is 65.0 cm³/mol. The Balaban J connectivity index is 2.96. The average Bonchev–Trinajstić information content (AvgIpc) is 2.17. The summed E-state index contributed by atoms with van der Waals surface area (Å²) < 4.78 is 0. The molecule has 1 aromatic rings. The Labute approximate surface area is 95.8 Å². The third kappa shape index (κ3) is 3.52. The minimum atomic E-state index is 0.195. The summed E-state index contributed by atoms with van der Waals surface area (Å²) in [7, 11) is 0. The van der Waals surface area contributed by atoms with Crippen LogP contribution in [0.3, 0.4) is 0 Å². The molecule has 0 atom stereocenters. The maximum absolute atomic E-state index is 11.0. The van der Waals surface area contributed by atoms with Crippen LogP contribution in [0.15, 0.2) is 29.8 Å². The van der Waals surface area contributed by atoms with E-state index in [0.717, 1.165) is 21.7 Å². The van der Waals surface area contributed by atoms with Crippen LogP contribution in [0.4, 0.5) is 0 Å². The van der Waals surface area contributed by atoms with Crippen molar-refractivity contribution in [1.82, 2.24) is 0 Å². The smallest absolute Gasteiger partial charge is 0.133 e. The quantitative estimate of drug-likeness (QED) is 0.752. The van der Waals surface area contributed by atoms with Gasteiger partial charge in [-0.1, -0.05) is 29.3 Å². The average molecular weight is 223 g/mol. The van der Waals surface area contributed by atoms with Gasteiger partial charge in [0, 0.05) is 11.4 Å². The molecule has 0 aromatic heterocycles. The highest BCUT2D eigenvalue weighted by molar-refractivity contribution is 6.30. The Morgan fingerprint density at radius 3 is 2.13 bits per heavy atom. The van der Waals surface area contributed by atoms with Gasteiger partial charge in [0.2, 0.25) is 0 Å². The van der Waals surface area contributed by atoms with Gasteiger partial charge >= 0.3 is 0 Å². The summed E-state index contributed by atoms with van der Waals surface area (Å²) in [6.07, 6.45) is 0.522. The summed E-state index contributed by atoms with van der Waals surface area (Å²) >= 11 is 5.81. The zero-order valence-corrected chi connectivity index (χ0v) is 10.1. The van der Waals surface area contributed by atoms with Gasteiger partial charge in [-0.2, -0.15) is 0 Å². The maximum atomic E-state index is 11.0. The Morgan fingerprint density at radius 2 is 1.67 bits per heavy atom. The van der Waals surface area contributed by atoms with Crippen LogP contribution in [0.2, 0.25) is 5.02 Å². The second-order valence-corrected chi connectivity index (χ2v) is 4.23. The van der Waals surface area contributed by atoms with Gasteiger partial charge in [0.05, 0.1) is 0 Å². The summed E-state index contributed by atoms with van der Waals surface area (Å²) in [5.41, 5.74) is 3.39. The molecule has 0 saturated heterocycles. The van der Waals surface area contributed by atoms with Gasteiger partial charge in [0.1, 0.15) is 5.78 Å². The number of carbonyl (C=O) groups excluding carboxylic acids is 1. The number of hydrogen-bond acceptors (Lipinski definition) is 1. The lowest BCUT2D eigenvalue weighted by Gasteiger charge is -2.06. The first-order valence-corrected chi connectivity index (χ1v) is 5.30. The minimum Gasteiger partial charge on any atom is -0.300 e. The molecule has 1 nitrogen and oxygen atoms in total. The standard InChI is InChI=1S/C13H15ClO/c1-9(8-10(2)15)11(3)12-4-6-13(14)7-5-12/h4-7H,8H2,1-3H3. The highest BCUT2D eigenvalue weighted by Gasteiger charge is 2.02. The second-order valence-electron chi connectivity index (χ2n) is 3.79. The topological polar surface area (TPSA) is 17.1 Å². The molecule has 0 bridgehead atoms. The number of hydrogen-bond donors (Lipinski definition) is 0. The van der Waals surface area contributed by atoms with Crippen molar-refractivity contribution < 1.29 is 4.79 Å². The van der Waals surface area contributed by atoms with Crippen LogP contribution < -0.4 is 0 Å². The van der Waals surface area contributed by atoms with E-state index in [4.69, 9.17) is 11.6 Å². The molecular weight excluding hydrogens is 208 g/mol. The number of allylic oxidation sites excluding steroid dienone is 2. The van der Waals surface area contributed by atoms with Crippen LogP contribution in [0.1, 0.15) is 32.8 Å². The number of halogens is 1. The third-order valence-corrected chi connectivity index (χ3v) is 2.68. The Morgan fingerprint density at radius 1 is 1.13 bits per heavy atom. The van der Waals surface area contributed by atoms with Crippen LogP contribution in [-0.4, -0.2) is 5.78 Å². The summed E-state index contributed by atoms with van der Waals surface area (Å²) in [6, 6.07) is 7.67. The molecule has 15 heavy (non-hydrogen) atoms. The molecule has 0 aliphatic rings. The lowest BCUT2D eigenvalue weighted by molar-refractivity contribution is -0.116. The van der Waals surface area contributed by atoms with E-state index in [0.29, 0.717) is 6.42 Å². The first-order chi connectivity index (χ1) is 7.00. The molecule has 1 aromatic carbocycles. The first kappa shape index (κ1) is 12.0. The number of rotatable bonds is 3. The van der Waals surface area contributed by atoms with Crippen molar-refractivity contribution in [2.24, 2.45) is 0 Å². The van der Waals surface area contributed by atoms with Gasteiger partial charge in [-0.3, -0.25) is 4.79 Å². The van der Waals surface area contributed by atoms with Crippen molar-refractivity contribution in [2.75, 3.05) is 0 Å². The zero-order chi connectivity index (χ0) is 11.4. The molecule has 1 rings (SSSR count). The van der Waals surface area contributed by atoms with Crippen molar-refractivity contribution in [1.29, 1.82) is 0 Å². The molecule has 0 unspecified atom stereocenters. The summed E-state index contributed by atoms with van der Waals surface area (Å²) in [6.45, 7) is 5.63. The molecule has 0 radical (unpaired) electrons. The molecule has 0 aliphatic carbocycles. The highest BCUT2D eigenvalue weighted by atomic mass is 35.5. The number of Topliss-reactive ketones (excluding diaryl/α,β-unsaturated/α-hetero) is 1. The third-order valence-electron chi connectivity index (χ3n) is 2.43. The summed E-state index contributed by atoms with van der Waals surface area (Å²) in [5, 5.41) is 0.732. The van der Waals surface area contributed by atoms with Crippen molar-refractivity contribution >= 4 is 23.0 Å². The van der Waals surface area contributed by atoms with Crippen LogP contribution in [0, 0.1) is 0 Å². The number of benzene rings is 1. The van der Waals surface area contributed by atoms with Gasteiger partial charge in [0.15, 0.2) is 0 Å². The number of ketones is 1. The Hall–Kier alpha value is -1.08. The zero-order valence-electron chi connectivity index (χ0n) is 9.30. The molecule has 0 saturated carbocycles. The molecule has 0 N–H and O–H groups in total. The van der Waals surface area contributed by atoms with Crippen molar-refractivity contribution in [3.05, 3.63) is 40.4 Å². The molecule has 80 valence electrons. The van der Waals surface area contributed by atoms with Crippen molar-refractivity contribution in [2.45, 2.75) is 27.2 Å². The minimum absolute atomic E-state index is 0.195. The molecule has 0 amide bonds. The van der Waals surface area contributed by atoms with Crippen molar-refractivity contribution in [3.8, 4) is 0 Å². The normalized spacial score (nSPS) is 12.3. The van der Waals surface area contributed by atoms with Gasteiger partial charge in [0.25, 0.3) is 0 Å². The van der Waals surface area contributed by atoms with Crippen LogP contribution in [-0.2, 0) is 4.79 Å². The van der Waals surface area contributed by atoms with Crippen LogP contribution in [0.25, 0.3) is 5.57 Å². The molecule has 0 spiro atoms. The van der Waals surface area contributed by atoms with Gasteiger partial charge in [-0.15, -0.1) is 0 Å². The molecular formula is C13H15ClO. The van der Waals surface area contributed by atoms with E-state index >= 15 is 0 Å². The summed E-state index contributed by atoms with van der Waals surface area (Å²) in [5.74, 6) is 0.195. The van der Waals surface area contributed by atoms with E-state index in [1.807, 2.05) is 38.1 Å². The van der Waals surface area contributed by atoms with Gasteiger partial charge in [-0.25, -0.2) is 0 Å². The van der Waals surface area contributed by atoms with E-state index < -0.39 is 0 Å². The van der Waals surface area contributed by atoms with Crippen LogP contribution >= 0.6 is 11.6 Å². The fourth-order valence-corrected chi connectivity index (χ4v) is 1.58. The van der Waals surface area contributed by atoms with E-state index in [1.54, 1.807) is 6.92 Å². The number of carbonyl (C=O) groups is 1. The van der Waals surface area contributed by atoms with E-state index in [1.165, 1.54) is 0 Å². The molecule has 0 fully saturated rings. The highest BCUT2D eigenvalue weighted by Crippen LogP contribution is 2.21. The predicted octanol–water partition coefficient (Wildman–Crippen LogP) is 4.11. The Kier molecular flexibility index (Phi) is 4.10.